The lowest BCUT2D eigenvalue weighted by Crippen LogP contribution is -2.30. The van der Waals surface area contributed by atoms with Crippen molar-refractivity contribution in [3.63, 3.8) is 0 Å². The van der Waals surface area contributed by atoms with Crippen molar-refractivity contribution < 1.29 is 4.79 Å². The smallest absolute Gasteiger partial charge is 0.320 e. The molecule has 10 heavy (non-hydrogen) atoms. The molecule has 2 fully saturated rings. The topological polar surface area (TPSA) is 23.6 Å². The molecule has 3 heteroatoms. The van der Waals surface area contributed by atoms with E-state index in [4.69, 9.17) is 0 Å². The highest BCUT2D eigenvalue weighted by atomic mass is 16.2. The zero-order chi connectivity index (χ0) is 7.14. The molecular formula is C7H12N2O. The molecule has 0 radical (unpaired) electrons. The van der Waals surface area contributed by atoms with Crippen LogP contribution >= 0.6 is 0 Å². The SMILES string of the molecule is CN1C(=O)N2CCCC1C2. The van der Waals surface area contributed by atoms with Crippen LogP contribution in [0.25, 0.3) is 0 Å². The van der Waals surface area contributed by atoms with Gasteiger partial charge in [0.2, 0.25) is 0 Å². The Hall–Kier alpha value is -0.730. The summed E-state index contributed by atoms with van der Waals surface area (Å²) in [7, 11) is 1.90. The van der Waals surface area contributed by atoms with Crippen LogP contribution in [0.3, 0.4) is 0 Å². The van der Waals surface area contributed by atoms with Gasteiger partial charge in [0.15, 0.2) is 0 Å². The average molecular weight is 140 g/mol. The zero-order valence-electron chi connectivity index (χ0n) is 6.21. The van der Waals surface area contributed by atoms with Gasteiger partial charge in [0, 0.05) is 20.1 Å². The molecule has 0 aromatic heterocycles. The third kappa shape index (κ3) is 0.632. The molecular weight excluding hydrogens is 128 g/mol. The molecule has 0 spiro atoms. The number of amides is 2. The highest BCUT2D eigenvalue weighted by Crippen LogP contribution is 2.22. The van der Waals surface area contributed by atoms with Gasteiger partial charge in [-0.2, -0.15) is 0 Å². The van der Waals surface area contributed by atoms with Crippen molar-refractivity contribution in [1.29, 1.82) is 0 Å². The van der Waals surface area contributed by atoms with Crippen LogP contribution in [0.5, 0.6) is 0 Å². The van der Waals surface area contributed by atoms with Crippen LogP contribution in [0.1, 0.15) is 12.8 Å². The number of likely N-dealkylation sites (N-methyl/N-ethyl adjacent to an activating group) is 1. The van der Waals surface area contributed by atoms with E-state index < -0.39 is 0 Å². The molecule has 0 aromatic carbocycles. The van der Waals surface area contributed by atoms with Gasteiger partial charge in [0.25, 0.3) is 0 Å². The Kier molecular flexibility index (Phi) is 1.13. The second kappa shape index (κ2) is 1.87. The summed E-state index contributed by atoms with van der Waals surface area (Å²) < 4.78 is 0. The first-order chi connectivity index (χ1) is 4.79. The minimum atomic E-state index is 0.225. The zero-order valence-corrected chi connectivity index (χ0v) is 6.21. The number of piperidine rings is 1. The minimum Gasteiger partial charge on any atom is -0.323 e. The van der Waals surface area contributed by atoms with Crippen molar-refractivity contribution in [1.82, 2.24) is 9.80 Å². The molecule has 2 heterocycles. The predicted octanol–water partition coefficient (Wildman–Crippen LogP) is 0.516. The van der Waals surface area contributed by atoms with Crippen molar-refractivity contribution in [2.24, 2.45) is 0 Å². The fourth-order valence-corrected chi connectivity index (χ4v) is 1.82. The highest BCUT2D eigenvalue weighted by molar-refractivity contribution is 5.77. The maximum atomic E-state index is 11.2. The van der Waals surface area contributed by atoms with Crippen molar-refractivity contribution >= 4 is 6.03 Å². The van der Waals surface area contributed by atoms with Gasteiger partial charge in [-0.05, 0) is 12.8 Å². The Morgan fingerprint density at radius 2 is 2.40 bits per heavy atom. The molecule has 0 N–H and O–H groups in total. The number of urea groups is 1. The van der Waals surface area contributed by atoms with Crippen LogP contribution in [0, 0.1) is 0 Å². The maximum absolute atomic E-state index is 11.2. The first-order valence-corrected chi connectivity index (χ1v) is 3.81. The third-order valence-corrected chi connectivity index (χ3v) is 2.52. The van der Waals surface area contributed by atoms with Crippen LogP contribution in [0.15, 0.2) is 0 Å². The number of fused-ring (bicyclic) bond motifs is 2. The fourth-order valence-electron chi connectivity index (χ4n) is 1.82. The molecule has 56 valence electrons. The normalized spacial score (nSPS) is 31.7. The van der Waals surface area contributed by atoms with Crippen molar-refractivity contribution in [3.8, 4) is 0 Å². The fraction of sp³-hybridized carbons (Fsp3) is 0.857. The van der Waals surface area contributed by atoms with Gasteiger partial charge in [0.1, 0.15) is 0 Å². The Bertz CT molecular complexity index is 165. The molecule has 0 aliphatic carbocycles. The lowest BCUT2D eigenvalue weighted by molar-refractivity contribution is 0.200. The molecule has 0 aromatic rings. The third-order valence-electron chi connectivity index (χ3n) is 2.52. The molecule has 2 amide bonds. The Labute approximate surface area is 60.6 Å². The van der Waals surface area contributed by atoms with Crippen LogP contribution in [0.2, 0.25) is 0 Å². The number of hydrogen-bond acceptors (Lipinski definition) is 1. The number of nitrogens with zero attached hydrogens (tertiary/aromatic N) is 2. The first kappa shape index (κ1) is 6.01. The van der Waals surface area contributed by atoms with Crippen LogP contribution in [-0.2, 0) is 0 Å². The Morgan fingerprint density at radius 1 is 1.60 bits per heavy atom. The molecule has 2 aliphatic heterocycles. The molecule has 2 bridgehead atoms. The Balaban J connectivity index is 2.21. The van der Waals surface area contributed by atoms with Gasteiger partial charge in [-0.15, -0.1) is 0 Å². The van der Waals surface area contributed by atoms with E-state index in [9.17, 15) is 4.79 Å². The minimum absolute atomic E-state index is 0.225. The average Bonchev–Trinajstić information content (AvgIpc) is 2.17. The van der Waals surface area contributed by atoms with Crippen LogP contribution in [-0.4, -0.2) is 42.0 Å². The molecule has 2 aliphatic rings. The highest BCUT2D eigenvalue weighted by Gasteiger charge is 2.36. The summed E-state index contributed by atoms with van der Waals surface area (Å²) in [5.41, 5.74) is 0. The van der Waals surface area contributed by atoms with E-state index in [0.29, 0.717) is 6.04 Å². The van der Waals surface area contributed by atoms with Gasteiger partial charge < -0.3 is 9.80 Å². The van der Waals surface area contributed by atoms with Crippen LogP contribution in [0.4, 0.5) is 4.79 Å². The van der Waals surface area contributed by atoms with Gasteiger partial charge in [-0.3, -0.25) is 0 Å². The van der Waals surface area contributed by atoms with E-state index in [0.717, 1.165) is 13.1 Å². The summed E-state index contributed by atoms with van der Waals surface area (Å²) in [6.07, 6.45) is 2.37. The molecule has 2 rings (SSSR count). The lowest BCUT2D eigenvalue weighted by atomic mass is 10.1. The summed E-state index contributed by atoms with van der Waals surface area (Å²) in [4.78, 5) is 15.0. The Morgan fingerprint density at radius 3 is 3.00 bits per heavy atom. The maximum Gasteiger partial charge on any atom is 0.320 e. The molecule has 0 saturated carbocycles. The molecule has 1 unspecified atom stereocenters. The summed E-state index contributed by atoms with van der Waals surface area (Å²) in [6.45, 7) is 1.94. The predicted molar refractivity (Wildman–Crippen MR) is 37.8 cm³/mol. The standard InChI is InChI=1S/C7H12N2O/c1-8-6-3-2-4-9(5-6)7(8)10/h6H,2-5H2,1H3. The summed E-state index contributed by atoms with van der Waals surface area (Å²) in [5, 5.41) is 0. The number of carbonyl (C=O) groups excluding carboxylic acids is 1. The van der Waals surface area contributed by atoms with E-state index in [1.807, 2.05) is 16.8 Å². The second-order valence-electron chi connectivity index (χ2n) is 3.14. The lowest BCUT2D eigenvalue weighted by Gasteiger charge is -2.20. The van der Waals surface area contributed by atoms with Gasteiger partial charge in [-0.1, -0.05) is 0 Å². The number of rotatable bonds is 0. The summed E-state index contributed by atoms with van der Waals surface area (Å²) >= 11 is 0. The van der Waals surface area contributed by atoms with E-state index in [-0.39, 0.29) is 6.03 Å². The van der Waals surface area contributed by atoms with E-state index >= 15 is 0 Å². The molecule has 1 atom stereocenters. The molecule has 2 saturated heterocycles. The van der Waals surface area contributed by atoms with Gasteiger partial charge in [-0.25, -0.2) is 4.79 Å². The summed E-state index contributed by atoms with van der Waals surface area (Å²) in [5.74, 6) is 0. The van der Waals surface area contributed by atoms with Crippen molar-refractivity contribution in [2.45, 2.75) is 18.9 Å². The molecule has 3 nitrogen and oxygen atoms in total. The van der Waals surface area contributed by atoms with E-state index in [1.54, 1.807) is 0 Å². The first-order valence-electron chi connectivity index (χ1n) is 3.81. The summed E-state index contributed by atoms with van der Waals surface area (Å²) in [6, 6.07) is 0.740. The van der Waals surface area contributed by atoms with Crippen molar-refractivity contribution in [2.75, 3.05) is 20.1 Å². The van der Waals surface area contributed by atoms with Gasteiger partial charge in [0.05, 0.1) is 6.04 Å². The van der Waals surface area contributed by atoms with E-state index in [1.165, 1.54) is 12.8 Å². The number of carbonyl (C=O) groups is 1. The monoisotopic (exact) mass is 140 g/mol. The van der Waals surface area contributed by atoms with Gasteiger partial charge >= 0.3 is 6.03 Å². The van der Waals surface area contributed by atoms with E-state index in [2.05, 4.69) is 0 Å². The van der Waals surface area contributed by atoms with Crippen LogP contribution < -0.4 is 0 Å². The number of hydrogen-bond donors (Lipinski definition) is 0. The quantitative estimate of drug-likeness (QED) is 0.481. The van der Waals surface area contributed by atoms with Crippen molar-refractivity contribution in [3.05, 3.63) is 0 Å². The second-order valence-corrected chi connectivity index (χ2v) is 3.14. The largest absolute Gasteiger partial charge is 0.323 e.